The van der Waals surface area contributed by atoms with Crippen LogP contribution in [0.4, 0.5) is 0 Å². The summed E-state index contributed by atoms with van der Waals surface area (Å²) in [5.74, 6) is 2.51. The minimum Gasteiger partial charge on any atom is -0.115 e. The van der Waals surface area contributed by atoms with Gasteiger partial charge in [0.1, 0.15) is 0 Å². The molecule has 1 rings (SSSR count). The molecule has 0 saturated carbocycles. The Kier molecular flexibility index (Phi) is 0.401. The lowest BCUT2D eigenvalue weighted by Crippen LogP contribution is -1.69. The summed E-state index contributed by atoms with van der Waals surface area (Å²) < 4.78 is 0. The lowest BCUT2D eigenvalue weighted by molar-refractivity contribution is 2.91. The summed E-state index contributed by atoms with van der Waals surface area (Å²) in [5.41, 5.74) is 2.06. The van der Waals surface area contributed by atoms with E-state index in [9.17, 15) is 0 Å². The summed E-state index contributed by atoms with van der Waals surface area (Å²) in [6, 6.07) is 0. The molecule has 1 aliphatic heterocycles. The molecule has 0 fully saturated rings. The van der Waals surface area contributed by atoms with Gasteiger partial charge in [0.2, 0.25) is 0 Å². The Hall–Kier alpha value is -0.483. The van der Waals surface area contributed by atoms with E-state index < -0.39 is 0 Å². The van der Waals surface area contributed by atoms with Gasteiger partial charge in [0.25, 0.3) is 0 Å². The Morgan fingerprint density at radius 3 is 2.60 bits per heavy atom. The molecule has 0 amide bonds. The van der Waals surface area contributed by atoms with Crippen molar-refractivity contribution in [1.29, 1.82) is 0 Å². The van der Waals surface area contributed by atoms with Gasteiger partial charge in [-0.1, -0.05) is 5.92 Å². The summed E-state index contributed by atoms with van der Waals surface area (Å²) in [6.07, 6.45) is 4.92. The van der Waals surface area contributed by atoms with E-state index in [0.29, 0.717) is 0 Å². The monoisotopic (exact) mass is 78.0 g/mol. The topological polar surface area (TPSA) is 0 Å². The molecule has 1 aliphatic rings. The van der Waals surface area contributed by atoms with Crippen molar-refractivity contribution in [3.63, 3.8) is 0 Å². The molecule has 0 unspecified atom stereocenters. The van der Waals surface area contributed by atoms with Crippen molar-refractivity contribution in [3.05, 3.63) is 0 Å². The van der Waals surface area contributed by atoms with Gasteiger partial charge in [-0.05, 0) is 14.4 Å². The second-order valence-electron chi connectivity index (χ2n) is 0.847. The van der Waals surface area contributed by atoms with Crippen molar-refractivity contribution < 1.29 is 0 Å². The zero-order chi connectivity index (χ0) is 3.70. The SMILES string of the molecule is C#CC1=[Si]=C1. The maximum atomic E-state index is 4.92. The van der Waals surface area contributed by atoms with E-state index in [2.05, 4.69) is 11.6 Å². The first-order chi connectivity index (χ1) is 2.43. The highest BCUT2D eigenvalue weighted by molar-refractivity contribution is 6.99. The Morgan fingerprint density at radius 2 is 2.60 bits per heavy atom. The molecule has 0 bridgehead atoms. The smallest absolute Gasteiger partial charge is 0.0395 e. The van der Waals surface area contributed by atoms with Crippen molar-refractivity contribution in [3.8, 4) is 12.3 Å². The fourth-order valence-electron chi connectivity index (χ4n) is 0.119. The molecule has 0 atom stereocenters. The van der Waals surface area contributed by atoms with Crippen LogP contribution in [-0.2, 0) is 0 Å². The van der Waals surface area contributed by atoms with Crippen LogP contribution in [0.3, 0.4) is 0 Å². The molecule has 0 nitrogen and oxygen atoms in total. The summed E-state index contributed by atoms with van der Waals surface area (Å²) >= 11 is 0. The lowest BCUT2D eigenvalue weighted by Gasteiger charge is -1.51. The minimum absolute atomic E-state index is 0.880. The van der Waals surface area contributed by atoms with E-state index in [1.807, 2.05) is 0 Å². The second kappa shape index (κ2) is 0.732. The van der Waals surface area contributed by atoms with Crippen molar-refractivity contribution in [2.24, 2.45) is 0 Å². The molecule has 22 valence electrons. The predicted octanol–water partition coefficient (Wildman–Crippen LogP) is -0.688. The first kappa shape index (κ1) is 2.74. The summed E-state index contributed by atoms with van der Waals surface area (Å²) in [7, 11) is 0.880. The van der Waals surface area contributed by atoms with E-state index in [1.54, 1.807) is 0 Å². The normalized spacial score (nSPS) is 13.0. The van der Waals surface area contributed by atoms with Gasteiger partial charge in [-0.15, -0.1) is 6.42 Å². The van der Waals surface area contributed by atoms with Gasteiger partial charge in [0.05, 0.1) is 0 Å². The molecule has 0 aromatic carbocycles. The maximum absolute atomic E-state index is 4.92. The van der Waals surface area contributed by atoms with Gasteiger partial charge >= 0.3 is 0 Å². The Bertz CT molecular complexity index is 142. The third kappa shape index (κ3) is 0.397. The van der Waals surface area contributed by atoms with E-state index in [0.717, 1.165) is 8.74 Å². The number of rotatable bonds is 0. The standard InChI is InChI=1S/C4H2Si/c1-2-4-3-5-4/h1,3H. The number of terminal acetylenes is 1. The molecule has 0 spiro atoms. The highest BCUT2D eigenvalue weighted by Crippen LogP contribution is 1.62. The van der Waals surface area contributed by atoms with E-state index in [-0.39, 0.29) is 0 Å². The van der Waals surface area contributed by atoms with Crippen LogP contribution in [-0.4, -0.2) is 19.6 Å². The zero-order valence-electron chi connectivity index (χ0n) is 2.65. The van der Waals surface area contributed by atoms with Crippen LogP contribution < -0.4 is 0 Å². The molecule has 1 heterocycles. The van der Waals surface area contributed by atoms with Crippen LogP contribution in [0.25, 0.3) is 0 Å². The quantitative estimate of drug-likeness (QED) is 0.266. The Labute approximate surface area is 32.9 Å². The third-order valence-electron chi connectivity index (χ3n) is 0.444. The van der Waals surface area contributed by atoms with Crippen molar-refractivity contribution in [2.75, 3.05) is 0 Å². The third-order valence-corrected chi connectivity index (χ3v) is 1.17. The van der Waals surface area contributed by atoms with Crippen LogP contribution in [0.15, 0.2) is 0 Å². The van der Waals surface area contributed by atoms with Crippen LogP contribution in [0.1, 0.15) is 0 Å². The van der Waals surface area contributed by atoms with E-state index in [1.165, 1.54) is 5.17 Å². The molecule has 1 heteroatoms. The Balaban J connectivity index is 2.69. The molecule has 0 N–H and O–H groups in total. The molecule has 0 aliphatic carbocycles. The fourth-order valence-corrected chi connectivity index (χ4v) is 0.358. The van der Waals surface area contributed by atoms with Gasteiger partial charge < -0.3 is 0 Å². The fraction of sp³-hybridized carbons (Fsp3) is 0. The van der Waals surface area contributed by atoms with Gasteiger partial charge in [0, 0.05) is 5.17 Å². The van der Waals surface area contributed by atoms with Crippen molar-refractivity contribution in [2.45, 2.75) is 0 Å². The first-order valence-corrected chi connectivity index (χ1v) is 2.44. The molecule has 0 aromatic heterocycles. The average Bonchev–Trinajstić information content (AvgIpc) is 2.12. The number of hydrogen-bond donors (Lipinski definition) is 0. The molecule has 0 saturated heterocycles. The van der Waals surface area contributed by atoms with Crippen LogP contribution >= 0.6 is 0 Å². The highest BCUT2D eigenvalue weighted by atomic mass is 28.2. The minimum atomic E-state index is 0.880. The molecule has 0 aromatic rings. The summed E-state index contributed by atoms with van der Waals surface area (Å²) in [4.78, 5) is 0. The van der Waals surface area contributed by atoms with Gasteiger partial charge in [-0.25, -0.2) is 0 Å². The highest BCUT2D eigenvalue weighted by Gasteiger charge is 1.86. The lowest BCUT2D eigenvalue weighted by atomic mass is 10.5. The van der Waals surface area contributed by atoms with Gasteiger partial charge in [-0.3, -0.25) is 0 Å². The number of hydrogen-bond acceptors (Lipinski definition) is 0. The van der Waals surface area contributed by atoms with Crippen LogP contribution in [0.2, 0.25) is 0 Å². The average molecular weight is 78.1 g/mol. The van der Waals surface area contributed by atoms with Crippen molar-refractivity contribution >= 4 is 19.6 Å². The molecule has 5 heavy (non-hydrogen) atoms. The first-order valence-electron chi connectivity index (χ1n) is 1.37. The molecular weight excluding hydrogens is 76.1 g/mol. The van der Waals surface area contributed by atoms with Gasteiger partial charge in [-0.2, -0.15) is 0 Å². The van der Waals surface area contributed by atoms with Crippen molar-refractivity contribution in [1.82, 2.24) is 0 Å². The van der Waals surface area contributed by atoms with E-state index >= 15 is 0 Å². The second-order valence-corrected chi connectivity index (χ2v) is 1.96. The summed E-state index contributed by atoms with van der Waals surface area (Å²) in [5, 5.41) is 1.19. The maximum Gasteiger partial charge on any atom is 0.0395 e. The summed E-state index contributed by atoms with van der Waals surface area (Å²) in [6.45, 7) is 0. The Morgan fingerprint density at radius 1 is 2.00 bits per heavy atom. The largest absolute Gasteiger partial charge is 0.115 e. The molecule has 0 radical (unpaired) electrons. The van der Waals surface area contributed by atoms with E-state index in [4.69, 9.17) is 6.42 Å². The predicted molar refractivity (Wildman–Crippen MR) is 25.7 cm³/mol. The molecular formula is C4H2Si. The zero-order valence-corrected chi connectivity index (χ0v) is 3.65. The van der Waals surface area contributed by atoms with Gasteiger partial charge in [0.15, 0.2) is 0 Å². The van der Waals surface area contributed by atoms with Crippen LogP contribution in [0, 0.1) is 12.3 Å². The van der Waals surface area contributed by atoms with Crippen LogP contribution in [0.5, 0.6) is 0 Å².